The summed E-state index contributed by atoms with van der Waals surface area (Å²) in [6, 6.07) is 6.67. The molecule has 122 valence electrons. The Morgan fingerprint density at radius 2 is 1.74 bits per heavy atom. The fourth-order valence-corrected chi connectivity index (χ4v) is 3.89. The molecule has 1 aromatic heterocycles. The van der Waals surface area contributed by atoms with Gasteiger partial charge < -0.3 is 9.26 Å². The van der Waals surface area contributed by atoms with Gasteiger partial charge in [-0.1, -0.05) is 30.1 Å². The minimum absolute atomic E-state index is 0.229. The van der Waals surface area contributed by atoms with E-state index < -0.39 is 0 Å². The molecule has 0 amide bonds. The predicted octanol–water partition coefficient (Wildman–Crippen LogP) is 3.96. The molecule has 1 aromatic carbocycles. The van der Waals surface area contributed by atoms with E-state index in [-0.39, 0.29) is 11.2 Å². The van der Waals surface area contributed by atoms with Crippen molar-refractivity contribution in [2.45, 2.75) is 49.9 Å². The average Bonchev–Trinajstić information content (AvgIpc) is 3.28. The zero-order valence-electron chi connectivity index (χ0n) is 13.1. The molecule has 0 N–H and O–H groups in total. The number of hydrogen-bond donors (Lipinski definition) is 0. The Kier molecular flexibility index (Phi) is 3.89. The van der Waals surface area contributed by atoms with Crippen LogP contribution in [0.3, 0.4) is 0 Å². The van der Waals surface area contributed by atoms with E-state index >= 15 is 0 Å². The van der Waals surface area contributed by atoms with Crippen molar-refractivity contribution in [1.82, 2.24) is 10.1 Å². The first-order chi connectivity index (χ1) is 11.3. The highest BCUT2D eigenvalue weighted by Gasteiger charge is 2.42. The summed E-state index contributed by atoms with van der Waals surface area (Å²) in [5.41, 5.74) is 0.680. The molecule has 2 fully saturated rings. The van der Waals surface area contributed by atoms with Crippen molar-refractivity contribution < 1.29 is 13.7 Å². The maximum atomic E-state index is 13.3. The van der Waals surface area contributed by atoms with Crippen molar-refractivity contribution in [1.29, 1.82) is 0 Å². The van der Waals surface area contributed by atoms with Crippen LogP contribution in [0, 0.1) is 5.82 Å². The van der Waals surface area contributed by atoms with Gasteiger partial charge in [-0.15, -0.1) is 0 Å². The van der Waals surface area contributed by atoms with Crippen LogP contribution in [0.2, 0.25) is 0 Å². The maximum Gasteiger partial charge on any atom is 0.237 e. The SMILES string of the molecule is Fc1ccc(C2(c3nc(C4CCCC4)no3)CCOCC2)cc1. The van der Waals surface area contributed by atoms with E-state index in [2.05, 4.69) is 5.16 Å². The maximum absolute atomic E-state index is 13.3. The van der Waals surface area contributed by atoms with Crippen LogP contribution < -0.4 is 0 Å². The van der Waals surface area contributed by atoms with Crippen molar-refractivity contribution in [3.05, 3.63) is 47.4 Å². The van der Waals surface area contributed by atoms with E-state index in [0.717, 1.165) is 37.1 Å². The van der Waals surface area contributed by atoms with Gasteiger partial charge in [0, 0.05) is 19.1 Å². The van der Waals surface area contributed by atoms with Gasteiger partial charge in [0.2, 0.25) is 5.89 Å². The van der Waals surface area contributed by atoms with Gasteiger partial charge in [-0.25, -0.2) is 4.39 Å². The van der Waals surface area contributed by atoms with Crippen LogP contribution in [0.15, 0.2) is 28.8 Å². The highest BCUT2D eigenvalue weighted by Crippen LogP contribution is 2.41. The highest BCUT2D eigenvalue weighted by atomic mass is 19.1. The monoisotopic (exact) mass is 316 g/mol. The molecular formula is C18H21FN2O2. The summed E-state index contributed by atoms with van der Waals surface area (Å²) in [6.45, 7) is 1.30. The summed E-state index contributed by atoms with van der Waals surface area (Å²) in [7, 11) is 0. The molecule has 0 bridgehead atoms. The second-order valence-corrected chi connectivity index (χ2v) is 6.64. The largest absolute Gasteiger partial charge is 0.381 e. The quantitative estimate of drug-likeness (QED) is 0.860. The molecule has 0 radical (unpaired) electrons. The van der Waals surface area contributed by atoms with Crippen molar-refractivity contribution in [2.24, 2.45) is 0 Å². The van der Waals surface area contributed by atoms with Crippen molar-refractivity contribution in [3.8, 4) is 0 Å². The van der Waals surface area contributed by atoms with Gasteiger partial charge in [0.05, 0.1) is 5.41 Å². The third-order valence-electron chi connectivity index (χ3n) is 5.31. The van der Waals surface area contributed by atoms with Crippen LogP contribution in [0.1, 0.15) is 61.7 Å². The molecule has 5 heteroatoms. The molecule has 2 heterocycles. The summed E-state index contributed by atoms with van der Waals surface area (Å²) < 4.78 is 24.5. The Morgan fingerprint density at radius 1 is 1.04 bits per heavy atom. The van der Waals surface area contributed by atoms with Crippen LogP contribution in [-0.2, 0) is 10.2 Å². The van der Waals surface area contributed by atoms with Gasteiger partial charge in [-0.3, -0.25) is 0 Å². The lowest BCUT2D eigenvalue weighted by atomic mass is 9.74. The lowest BCUT2D eigenvalue weighted by molar-refractivity contribution is 0.0523. The molecule has 23 heavy (non-hydrogen) atoms. The Bertz CT molecular complexity index is 656. The van der Waals surface area contributed by atoms with E-state index in [1.54, 1.807) is 0 Å². The Hall–Kier alpha value is -1.75. The minimum Gasteiger partial charge on any atom is -0.381 e. The first kappa shape index (κ1) is 14.8. The minimum atomic E-state index is -0.351. The normalized spacial score (nSPS) is 21.6. The first-order valence-electron chi connectivity index (χ1n) is 8.46. The third-order valence-corrected chi connectivity index (χ3v) is 5.31. The topological polar surface area (TPSA) is 48.2 Å². The van der Waals surface area contributed by atoms with Crippen molar-refractivity contribution in [3.63, 3.8) is 0 Å². The summed E-state index contributed by atoms with van der Waals surface area (Å²) >= 11 is 0. The number of aromatic nitrogens is 2. The van der Waals surface area contributed by atoms with Crippen molar-refractivity contribution >= 4 is 0 Å². The lowest BCUT2D eigenvalue weighted by Crippen LogP contribution is -2.35. The molecule has 0 spiro atoms. The van der Waals surface area contributed by atoms with Crippen LogP contribution in [0.5, 0.6) is 0 Å². The van der Waals surface area contributed by atoms with Crippen LogP contribution in [0.4, 0.5) is 4.39 Å². The van der Waals surface area contributed by atoms with E-state index in [0.29, 0.717) is 25.0 Å². The van der Waals surface area contributed by atoms with Gasteiger partial charge in [-0.05, 0) is 43.4 Å². The number of benzene rings is 1. The number of ether oxygens (including phenoxy) is 1. The fourth-order valence-electron chi connectivity index (χ4n) is 3.89. The predicted molar refractivity (Wildman–Crippen MR) is 82.7 cm³/mol. The summed E-state index contributed by atoms with van der Waals surface area (Å²) in [5.74, 6) is 1.70. The molecule has 1 aliphatic carbocycles. The van der Waals surface area contributed by atoms with Crippen LogP contribution in [-0.4, -0.2) is 23.4 Å². The number of rotatable bonds is 3. The molecular weight excluding hydrogens is 295 g/mol. The molecule has 1 saturated heterocycles. The molecule has 2 aromatic rings. The fraction of sp³-hybridized carbons (Fsp3) is 0.556. The van der Waals surface area contributed by atoms with E-state index in [1.807, 2.05) is 12.1 Å². The lowest BCUT2D eigenvalue weighted by Gasteiger charge is -2.34. The van der Waals surface area contributed by atoms with Gasteiger partial charge in [0.25, 0.3) is 0 Å². The Balaban J connectivity index is 1.72. The van der Waals surface area contributed by atoms with E-state index in [1.165, 1.54) is 25.0 Å². The van der Waals surface area contributed by atoms with Gasteiger partial charge >= 0.3 is 0 Å². The third kappa shape index (κ3) is 2.67. The zero-order chi connectivity index (χ0) is 15.7. The molecule has 2 aliphatic rings. The second-order valence-electron chi connectivity index (χ2n) is 6.64. The number of nitrogens with zero attached hydrogens (tertiary/aromatic N) is 2. The highest BCUT2D eigenvalue weighted by molar-refractivity contribution is 5.33. The molecule has 0 atom stereocenters. The summed E-state index contributed by atoms with van der Waals surface area (Å²) in [4.78, 5) is 4.76. The first-order valence-corrected chi connectivity index (χ1v) is 8.46. The number of hydrogen-bond acceptors (Lipinski definition) is 4. The number of halogens is 1. The summed E-state index contributed by atoms with van der Waals surface area (Å²) in [5, 5.41) is 4.26. The molecule has 1 saturated carbocycles. The zero-order valence-corrected chi connectivity index (χ0v) is 13.1. The van der Waals surface area contributed by atoms with Crippen LogP contribution >= 0.6 is 0 Å². The molecule has 4 nitrogen and oxygen atoms in total. The van der Waals surface area contributed by atoms with E-state index in [4.69, 9.17) is 14.2 Å². The summed E-state index contributed by atoms with van der Waals surface area (Å²) in [6.07, 6.45) is 6.34. The Morgan fingerprint density at radius 3 is 2.43 bits per heavy atom. The second kappa shape index (κ2) is 6.04. The smallest absolute Gasteiger partial charge is 0.237 e. The van der Waals surface area contributed by atoms with Gasteiger partial charge in [0.15, 0.2) is 5.82 Å². The molecule has 1 aliphatic heterocycles. The van der Waals surface area contributed by atoms with Gasteiger partial charge in [0.1, 0.15) is 5.82 Å². The Labute approximate surface area is 135 Å². The molecule has 4 rings (SSSR count). The van der Waals surface area contributed by atoms with Crippen molar-refractivity contribution in [2.75, 3.05) is 13.2 Å². The average molecular weight is 316 g/mol. The van der Waals surface area contributed by atoms with E-state index in [9.17, 15) is 4.39 Å². The standard InChI is InChI=1S/C18H21FN2O2/c19-15-7-5-14(6-8-15)18(9-11-22-12-10-18)17-20-16(21-23-17)13-3-1-2-4-13/h5-8,13H,1-4,9-12H2. The molecule has 0 unspecified atom stereocenters. The van der Waals surface area contributed by atoms with Gasteiger partial charge in [-0.2, -0.15) is 4.98 Å². The van der Waals surface area contributed by atoms with Crippen LogP contribution in [0.25, 0.3) is 0 Å².